The number of aromatic nitrogens is 2. The van der Waals surface area contributed by atoms with E-state index in [4.69, 9.17) is 0 Å². The Bertz CT molecular complexity index is 519. The predicted molar refractivity (Wildman–Crippen MR) is 79.0 cm³/mol. The zero-order valence-corrected chi connectivity index (χ0v) is 12.5. The first kappa shape index (κ1) is 13.1. The van der Waals surface area contributed by atoms with Gasteiger partial charge in [0, 0.05) is 12.2 Å². The van der Waals surface area contributed by atoms with E-state index in [1.54, 1.807) is 0 Å². The van der Waals surface area contributed by atoms with Crippen LogP contribution < -0.4 is 5.32 Å². The number of nitrogens with zero attached hydrogens (tertiary/aromatic N) is 2. The summed E-state index contributed by atoms with van der Waals surface area (Å²) >= 11 is 3.56. The van der Waals surface area contributed by atoms with Crippen molar-refractivity contribution >= 4 is 21.6 Å². The van der Waals surface area contributed by atoms with Crippen molar-refractivity contribution < 1.29 is 0 Å². The lowest BCUT2D eigenvalue weighted by Gasteiger charge is -2.16. The van der Waals surface area contributed by atoms with Crippen LogP contribution in [0.15, 0.2) is 34.8 Å². The van der Waals surface area contributed by atoms with Gasteiger partial charge in [0.1, 0.15) is 0 Å². The van der Waals surface area contributed by atoms with Crippen molar-refractivity contribution in [2.75, 3.05) is 11.9 Å². The lowest BCUT2D eigenvalue weighted by atomic mass is 10.3. The number of halogens is 1. The number of nitrogens with one attached hydrogen (secondary N) is 1. The average molecular weight is 308 g/mol. The van der Waals surface area contributed by atoms with Gasteiger partial charge in [-0.2, -0.15) is 5.10 Å². The van der Waals surface area contributed by atoms with Crippen LogP contribution in [0.5, 0.6) is 0 Å². The molecule has 0 radical (unpaired) electrons. The molecule has 0 fully saturated rings. The summed E-state index contributed by atoms with van der Waals surface area (Å²) in [5.41, 5.74) is 3.36. The topological polar surface area (TPSA) is 29.9 Å². The third-order valence-corrected chi connectivity index (χ3v) is 4.18. The third-order valence-electron chi connectivity index (χ3n) is 3.03. The van der Waals surface area contributed by atoms with Crippen molar-refractivity contribution in [3.05, 3.63) is 46.2 Å². The van der Waals surface area contributed by atoms with Crippen LogP contribution in [-0.2, 0) is 0 Å². The number of benzene rings is 1. The Kier molecular flexibility index (Phi) is 4.07. The van der Waals surface area contributed by atoms with Gasteiger partial charge in [-0.05, 0) is 48.8 Å². The van der Waals surface area contributed by atoms with Crippen LogP contribution in [0.1, 0.15) is 24.4 Å². The summed E-state index contributed by atoms with van der Waals surface area (Å²) in [7, 11) is 0. The smallest absolute Gasteiger partial charge is 0.0738 e. The molecular weight excluding hydrogens is 290 g/mol. The van der Waals surface area contributed by atoms with E-state index in [0.29, 0.717) is 6.04 Å². The summed E-state index contributed by atoms with van der Waals surface area (Å²) in [6.45, 7) is 7.13. The number of aryl methyl sites for hydroxylation is 1. The molecule has 0 saturated carbocycles. The van der Waals surface area contributed by atoms with Crippen molar-refractivity contribution in [3.63, 3.8) is 0 Å². The van der Waals surface area contributed by atoms with Crippen molar-refractivity contribution in [2.45, 2.75) is 26.8 Å². The first-order chi connectivity index (χ1) is 8.59. The van der Waals surface area contributed by atoms with Gasteiger partial charge in [-0.3, -0.25) is 4.68 Å². The minimum absolute atomic E-state index is 0.315. The SMILES string of the molecule is Cc1nn(C(C)CNc2ccccc2)c(C)c1Br. The van der Waals surface area contributed by atoms with Crippen LogP contribution in [0.25, 0.3) is 0 Å². The Morgan fingerprint density at radius 1 is 1.28 bits per heavy atom. The van der Waals surface area contributed by atoms with E-state index >= 15 is 0 Å². The maximum absolute atomic E-state index is 4.55. The van der Waals surface area contributed by atoms with Crippen LogP contribution in [0.4, 0.5) is 5.69 Å². The summed E-state index contributed by atoms with van der Waals surface area (Å²) in [5, 5.41) is 7.97. The van der Waals surface area contributed by atoms with Crippen LogP contribution in [0.2, 0.25) is 0 Å². The lowest BCUT2D eigenvalue weighted by Crippen LogP contribution is -2.18. The monoisotopic (exact) mass is 307 g/mol. The summed E-state index contributed by atoms with van der Waals surface area (Å²) in [6.07, 6.45) is 0. The van der Waals surface area contributed by atoms with Gasteiger partial charge in [0.15, 0.2) is 0 Å². The van der Waals surface area contributed by atoms with Crippen LogP contribution in [0.3, 0.4) is 0 Å². The Morgan fingerprint density at radius 3 is 2.50 bits per heavy atom. The molecule has 1 unspecified atom stereocenters. The quantitative estimate of drug-likeness (QED) is 0.927. The van der Waals surface area contributed by atoms with E-state index in [0.717, 1.165) is 22.4 Å². The molecule has 1 atom stereocenters. The highest BCUT2D eigenvalue weighted by molar-refractivity contribution is 9.10. The van der Waals surface area contributed by atoms with Crippen molar-refractivity contribution in [3.8, 4) is 0 Å². The number of anilines is 1. The Morgan fingerprint density at radius 2 is 1.94 bits per heavy atom. The van der Waals surface area contributed by atoms with Gasteiger partial charge in [-0.25, -0.2) is 0 Å². The Labute approximate surface area is 116 Å². The summed E-state index contributed by atoms with van der Waals surface area (Å²) in [5.74, 6) is 0. The number of rotatable bonds is 4. The highest BCUT2D eigenvalue weighted by atomic mass is 79.9. The molecule has 0 aliphatic rings. The molecule has 0 bridgehead atoms. The second-order valence-electron chi connectivity index (χ2n) is 4.53. The predicted octanol–water partition coefficient (Wildman–Crippen LogP) is 3.94. The van der Waals surface area contributed by atoms with Gasteiger partial charge in [0.05, 0.1) is 21.9 Å². The minimum Gasteiger partial charge on any atom is -0.383 e. The number of hydrogen-bond donors (Lipinski definition) is 1. The standard InChI is InChI=1S/C14H18BrN3/c1-10(9-16-13-7-5-4-6-8-13)18-12(3)14(15)11(2)17-18/h4-8,10,16H,9H2,1-3H3. The molecule has 4 heteroatoms. The molecule has 1 heterocycles. The van der Waals surface area contributed by atoms with E-state index < -0.39 is 0 Å². The first-order valence-corrected chi connectivity index (χ1v) is 6.89. The second-order valence-corrected chi connectivity index (χ2v) is 5.32. The largest absolute Gasteiger partial charge is 0.383 e. The van der Waals surface area contributed by atoms with Gasteiger partial charge in [0.2, 0.25) is 0 Å². The van der Waals surface area contributed by atoms with Crippen molar-refractivity contribution in [1.29, 1.82) is 0 Å². The number of para-hydroxylation sites is 1. The summed E-state index contributed by atoms with van der Waals surface area (Å²) < 4.78 is 3.17. The Hall–Kier alpha value is -1.29. The highest BCUT2D eigenvalue weighted by Gasteiger charge is 2.13. The van der Waals surface area contributed by atoms with E-state index in [9.17, 15) is 0 Å². The minimum atomic E-state index is 0.315. The zero-order valence-electron chi connectivity index (χ0n) is 10.9. The molecule has 18 heavy (non-hydrogen) atoms. The molecule has 96 valence electrons. The molecule has 3 nitrogen and oxygen atoms in total. The van der Waals surface area contributed by atoms with E-state index in [2.05, 4.69) is 57.0 Å². The van der Waals surface area contributed by atoms with Gasteiger partial charge >= 0.3 is 0 Å². The molecule has 1 aromatic carbocycles. The lowest BCUT2D eigenvalue weighted by molar-refractivity contribution is 0.497. The molecule has 1 N–H and O–H groups in total. The molecule has 1 aromatic heterocycles. The van der Waals surface area contributed by atoms with Crippen LogP contribution >= 0.6 is 15.9 Å². The van der Waals surface area contributed by atoms with Crippen LogP contribution in [-0.4, -0.2) is 16.3 Å². The second kappa shape index (κ2) is 5.57. The first-order valence-electron chi connectivity index (χ1n) is 6.09. The normalized spacial score (nSPS) is 12.4. The summed E-state index contributed by atoms with van der Waals surface area (Å²) in [4.78, 5) is 0. The highest BCUT2D eigenvalue weighted by Crippen LogP contribution is 2.22. The van der Waals surface area contributed by atoms with Gasteiger partial charge in [-0.15, -0.1) is 0 Å². The molecule has 2 aromatic rings. The van der Waals surface area contributed by atoms with Crippen molar-refractivity contribution in [1.82, 2.24) is 9.78 Å². The maximum Gasteiger partial charge on any atom is 0.0738 e. The maximum atomic E-state index is 4.55. The zero-order chi connectivity index (χ0) is 13.1. The number of hydrogen-bond acceptors (Lipinski definition) is 2. The molecule has 0 aliphatic carbocycles. The molecule has 0 spiro atoms. The van der Waals surface area contributed by atoms with Gasteiger partial charge < -0.3 is 5.32 Å². The summed E-state index contributed by atoms with van der Waals surface area (Å²) in [6, 6.07) is 10.6. The molecule has 2 rings (SSSR count). The van der Waals surface area contributed by atoms with Crippen LogP contribution in [0, 0.1) is 13.8 Å². The molecular formula is C14H18BrN3. The molecule has 0 amide bonds. The average Bonchev–Trinajstić information content (AvgIpc) is 2.65. The van der Waals surface area contributed by atoms with Gasteiger partial charge in [0.25, 0.3) is 0 Å². The molecule has 0 aliphatic heterocycles. The fraction of sp³-hybridized carbons (Fsp3) is 0.357. The van der Waals surface area contributed by atoms with E-state index in [-0.39, 0.29) is 0 Å². The molecule has 0 saturated heterocycles. The fourth-order valence-corrected chi connectivity index (χ4v) is 2.24. The fourth-order valence-electron chi connectivity index (χ4n) is 1.98. The van der Waals surface area contributed by atoms with E-state index in [1.807, 2.05) is 25.1 Å². The third kappa shape index (κ3) is 2.75. The van der Waals surface area contributed by atoms with Crippen molar-refractivity contribution in [2.24, 2.45) is 0 Å². The Balaban J connectivity index is 2.04. The van der Waals surface area contributed by atoms with E-state index in [1.165, 1.54) is 5.69 Å². The van der Waals surface area contributed by atoms with Gasteiger partial charge in [-0.1, -0.05) is 18.2 Å².